The minimum Gasteiger partial charge on any atom is -0.396 e. The molecule has 0 unspecified atom stereocenters. The Bertz CT molecular complexity index is 506. The zero-order chi connectivity index (χ0) is 13.8. The van der Waals surface area contributed by atoms with Crippen molar-refractivity contribution >= 4 is 10.9 Å². The summed E-state index contributed by atoms with van der Waals surface area (Å²) in [6, 6.07) is 4.61. The van der Waals surface area contributed by atoms with E-state index in [9.17, 15) is 0 Å². The van der Waals surface area contributed by atoms with Gasteiger partial charge in [-0.2, -0.15) is 0 Å². The molecule has 19 heavy (non-hydrogen) atoms. The Labute approximate surface area is 116 Å². The lowest BCUT2D eigenvalue weighted by molar-refractivity contribution is 0.288. The number of aliphatic hydroxyl groups excluding tert-OH is 1. The van der Waals surface area contributed by atoms with Gasteiger partial charge in [-0.3, -0.25) is 0 Å². The second-order valence-corrected chi connectivity index (χ2v) is 5.48. The Balaban J connectivity index is 2.46. The molecule has 0 saturated carbocycles. The quantitative estimate of drug-likeness (QED) is 0.834. The molecule has 0 amide bonds. The SMILES string of the molecule is CCCCn1cc(CCCO)c2cc(C)c(C)cc21. The lowest BCUT2D eigenvalue weighted by Crippen LogP contribution is -1.95. The average Bonchev–Trinajstić information content (AvgIpc) is 2.72. The molecular formula is C17H25NO. The van der Waals surface area contributed by atoms with Crippen molar-refractivity contribution in [3.8, 4) is 0 Å². The minimum atomic E-state index is 0.270. The number of hydrogen-bond acceptors (Lipinski definition) is 1. The third-order valence-corrected chi connectivity index (χ3v) is 3.94. The molecule has 2 aromatic rings. The van der Waals surface area contributed by atoms with Crippen LogP contribution in [-0.2, 0) is 13.0 Å². The summed E-state index contributed by atoms with van der Waals surface area (Å²) in [5, 5.41) is 10.4. The third-order valence-electron chi connectivity index (χ3n) is 3.94. The molecule has 2 nitrogen and oxygen atoms in total. The lowest BCUT2D eigenvalue weighted by atomic mass is 10.0. The Kier molecular flexibility index (Phi) is 4.65. The van der Waals surface area contributed by atoms with E-state index in [1.165, 1.54) is 40.4 Å². The molecule has 1 aromatic carbocycles. The standard InChI is InChI=1S/C17H25NO/c1-4-5-8-18-12-15(7-6-9-19)16-10-13(2)14(3)11-17(16)18/h10-12,19H,4-9H2,1-3H3. The van der Waals surface area contributed by atoms with Gasteiger partial charge in [-0.25, -0.2) is 0 Å². The van der Waals surface area contributed by atoms with E-state index in [0.717, 1.165) is 19.4 Å². The zero-order valence-corrected chi connectivity index (χ0v) is 12.4. The molecule has 1 aromatic heterocycles. The molecular weight excluding hydrogens is 234 g/mol. The van der Waals surface area contributed by atoms with Crippen LogP contribution in [0.5, 0.6) is 0 Å². The predicted octanol–water partition coefficient (Wildman–Crippen LogP) is 3.98. The molecule has 0 spiro atoms. The lowest BCUT2D eigenvalue weighted by Gasteiger charge is -2.06. The number of benzene rings is 1. The van der Waals surface area contributed by atoms with E-state index in [4.69, 9.17) is 5.11 Å². The Morgan fingerprint density at radius 2 is 1.84 bits per heavy atom. The molecule has 1 N–H and O–H groups in total. The van der Waals surface area contributed by atoms with Gasteiger partial charge in [-0.05, 0) is 61.9 Å². The number of unbranched alkanes of at least 4 members (excludes halogenated alkanes) is 1. The van der Waals surface area contributed by atoms with Gasteiger partial charge in [0, 0.05) is 30.3 Å². The second-order valence-electron chi connectivity index (χ2n) is 5.48. The predicted molar refractivity (Wildman–Crippen MR) is 81.7 cm³/mol. The summed E-state index contributed by atoms with van der Waals surface area (Å²) in [5.41, 5.74) is 5.44. The van der Waals surface area contributed by atoms with Crippen LogP contribution in [0.2, 0.25) is 0 Å². The highest BCUT2D eigenvalue weighted by atomic mass is 16.2. The van der Waals surface area contributed by atoms with E-state index in [1.807, 2.05) is 0 Å². The largest absolute Gasteiger partial charge is 0.396 e. The van der Waals surface area contributed by atoms with Crippen LogP contribution in [0.4, 0.5) is 0 Å². The maximum absolute atomic E-state index is 9.04. The number of rotatable bonds is 6. The summed E-state index contributed by atoms with van der Waals surface area (Å²) in [5.74, 6) is 0. The normalized spacial score (nSPS) is 11.4. The van der Waals surface area contributed by atoms with Crippen LogP contribution in [0.25, 0.3) is 10.9 Å². The van der Waals surface area contributed by atoms with Crippen LogP contribution < -0.4 is 0 Å². The maximum Gasteiger partial charge on any atom is 0.0485 e. The van der Waals surface area contributed by atoms with Gasteiger partial charge in [0.25, 0.3) is 0 Å². The number of nitrogens with zero attached hydrogens (tertiary/aromatic N) is 1. The first-order valence-electron chi connectivity index (χ1n) is 7.37. The molecule has 0 radical (unpaired) electrons. The van der Waals surface area contributed by atoms with Crippen molar-refractivity contribution in [2.75, 3.05) is 6.61 Å². The van der Waals surface area contributed by atoms with Crippen molar-refractivity contribution in [2.45, 2.75) is 53.0 Å². The summed E-state index contributed by atoms with van der Waals surface area (Å²) < 4.78 is 2.39. The van der Waals surface area contributed by atoms with Gasteiger partial charge in [0.2, 0.25) is 0 Å². The summed E-state index contributed by atoms with van der Waals surface area (Å²) in [4.78, 5) is 0. The average molecular weight is 259 g/mol. The van der Waals surface area contributed by atoms with Crippen molar-refractivity contribution < 1.29 is 5.11 Å². The van der Waals surface area contributed by atoms with Crippen molar-refractivity contribution in [3.05, 3.63) is 35.0 Å². The van der Waals surface area contributed by atoms with Crippen LogP contribution >= 0.6 is 0 Å². The molecule has 0 fully saturated rings. The van der Waals surface area contributed by atoms with Gasteiger partial charge in [-0.1, -0.05) is 13.3 Å². The van der Waals surface area contributed by atoms with E-state index in [2.05, 4.69) is 43.7 Å². The Morgan fingerprint density at radius 3 is 2.53 bits per heavy atom. The molecule has 0 aliphatic rings. The van der Waals surface area contributed by atoms with E-state index in [-0.39, 0.29) is 6.61 Å². The fraction of sp³-hybridized carbons (Fsp3) is 0.529. The van der Waals surface area contributed by atoms with E-state index in [1.54, 1.807) is 0 Å². The summed E-state index contributed by atoms with van der Waals surface area (Å²) in [6.45, 7) is 7.95. The highest BCUT2D eigenvalue weighted by molar-refractivity contribution is 5.85. The molecule has 0 bridgehead atoms. The first-order valence-corrected chi connectivity index (χ1v) is 7.37. The van der Waals surface area contributed by atoms with Gasteiger partial charge >= 0.3 is 0 Å². The Hall–Kier alpha value is -1.28. The smallest absolute Gasteiger partial charge is 0.0485 e. The molecule has 104 valence electrons. The van der Waals surface area contributed by atoms with Gasteiger partial charge in [-0.15, -0.1) is 0 Å². The van der Waals surface area contributed by atoms with Crippen LogP contribution in [0.1, 0.15) is 42.9 Å². The minimum absolute atomic E-state index is 0.270. The number of hydrogen-bond donors (Lipinski definition) is 1. The molecule has 0 atom stereocenters. The number of aromatic nitrogens is 1. The van der Waals surface area contributed by atoms with Crippen LogP contribution in [0.3, 0.4) is 0 Å². The second kappa shape index (κ2) is 6.25. The molecule has 2 rings (SSSR count). The fourth-order valence-electron chi connectivity index (χ4n) is 2.61. The van der Waals surface area contributed by atoms with Gasteiger partial charge in [0.15, 0.2) is 0 Å². The van der Waals surface area contributed by atoms with Gasteiger partial charge in [0.1, 0.15) is 0 Å². The van der Waals surface area contributed by atoms with Crippen molar-refractivity contribution in [3.63, 3.8) is 0 Å². The molecule has 1 heterocycles. The molecule has 0 saturated heterocycles. The monoisotopic (exact) mass is 259 g/mol. The molecule has 0 aliphatic carbocycles. The van der Waals surface area contributed by atoms with Crippen molar-refractivity contribution in [1.29, 1.82) is 0 Å². The third kappa shape index (κ3) is 3.01. The zero-order valence-electron chi connectivity index (χ0n) is 12.4. The first kappa shape index (κ1) is 14.1. The topological polar surface area (TPSA) is 25.2 Å². The Morgan fingerprint density at radius 1 is 1.11 bits per heavy atom. The van der Waals surface area contributed by atoms with E-state index in [0.29, 0.717) is 0 Å². The number of aryl methyl sites for hydroxylation is 4. The van der Waals surface area contributed by atoms with Gasteiger partial charge < -0.3 is 9.67 Å². The van der Waals surface area contributed by atoms with E-state index < -0.39 is 0 Å². The van der Waals surface area contributed by atoms with E-state index >= 15 is 0 Å². The first-order chi connectivity index (χ1) is 9.17. The summed E-state index contributed by atoms with van der Waals surface area (Å²) >= 11 is 0. The number of aliphatic hydroxyl groups is 1. The van der Waals surface area contributed by atoms with Crippen molar-refractivity contribution in [2.24, 2.45) is 0 Å². The molecule has 2 heteroatoms. The van der Waals surface area contributed by atoms with Crippen LogP contribution in [0.15, 0.2) is 18.3 Å². The molecule has 0 aliphatic heterocycles. The highest BCUT2D eigenvalue weighted by Gasteiger charge is 2.09. The van der Waals surface area contributed by atoms with Crippen LogP contribution in [-0.4, -0.2) is 16.3 Å². The van der Waals surface area contributed by atoms with Crippen LogP contribution in [0, 0.1) is 13.8 Å². The van der Waals surface area contributed by atoms with Gasteiger partial charge in [0.05, 0.1) is 0 Å². The van der Waals surface area contributed by atoms with Crippen molar-refractivity contribution in [1.82, 2.24) is 4.57 Å². The summed E-state index contributed by atoms with van der Waals surface area (Å²) in [6.07, 6.45) is 6.54. The maximum atomic E-state index is 9.04. The highest BCUT2D eigenvalue weighted by Crippen LogP contribution is 2.26. The number of fused-ring (bicyclic) bond motifs is 1. The fourth-order valence-corrected chi connectivity index (χ4v) is 2.61. The summed E-state index contributed by atoms with van der Waals surface area (Å²) in [7, 11) is 0.